The summed E-state index contributed by atoms with van der Waals surface area (Å²) in [7, 11) is 0. The van der Waals surface area contributed by atoms with Crippen molar-refractivity contribution >= 4 is 23.4 Å². The second kappa shape index (κ2) is 4.38. The number of carboxylic acids is 1. The minimum absolute atomic E-state index is 0.0448. The zero-order valence-electron chi connectivity index (χ0n) is 6.56. The third-order valence-corrected chi connectivity index (χ3v) is 2.03. The van der Waals surface area contributed by atoms with Crippen LogP contribution in [-0.4, -0.2) is 11.0 Å². The summed E-state index contributed by atoms with van der Waals surface area (Å²) in [5.74, 6) is -1.27. The lowest BCUT2D eigenvalue weighted by Crippen LogP contribution is -2.21. The van der Waals surface area contributed by atoms with E-state index < -0.39 is 5.97 Å². The first-order valence-corrected chi connectivity index (χ1v) is 4.32. The molecule has 1 rings (SSSR count). The van der Waals surface area contributed by atoms with E-state index in [-0.39, 0.29) is 11.4 Å². The Bertz CT molecular complexity index is 376. The van der Waals surface area contributed by atoms with Gasteiger partial charge in [0, 0.05) is 5.38 Å². The predicted molar refractivity (Wildman–Crippen MR) is 45.7 cm³/mol. The molecule has 13 heavy (non-hydrogen) atoms. The van der Waals surface area contributed by atoms with E-state index in [1.54, 1.807) is 17.5 Å². The van der Waals surface area contributed by atoms with Crippen LogP contribution in [0.3, 0.4) is 0 Å². The van der Waals surface area contributed by atoms with E-state index in [9.17, 15) is 9.90 Å². The molecule has 0 spiro atoms. The van der Waals surface area contributed by atoms with Crippen LogP contribution in [0.4, 0.5) is 0 Å². The van der Waals surface area contributed by atoms with Gasteiger partial charge in [0.2, 0.25) is 0 Å². The van der Waals surface area contributed by atoms with E-state index in [0.717, 1.165) is 11.3 Å². The number of hydrogen-bond acceptors (Lipinski definition) is 5. The molecule has 0 aromatic carbocycles. The van der Waals surface area contributed by atoms with E-state index in [1.807, 2.05) is 6.07 Å². The van der Waals surface area contributed by atoms with Gasteiger partial charge in [-0.3, -0.25) is 0 Å². The second-order valence-corrected chi connectivity index (χ2v) is 2.99. The van der Waals surface area contributed by atoms with E-state index in [4.69, 9.17) is 5.26 Å². The van der Waals surface area contributed by atoms with Crippen molar-refractivity contribution in [2.24, 2.45) is 0 Å². The third-order valence-electron chi connectivity index (χ3n) is 1.19. The minimum atomic E-state index is -1.27. The van der Waals surface area contributed by atoms with Gasteiger partial charge < -0.3 is 9.90 Å². The Morgan fingerprint density at radius 1 is 1.85 bits per heavy atom. The van der Waals surface area contributed by atoms with E-state index in [2.05, 4.69) is 4.98 Å². The quantitative estimate of drug-likeness (QED) is 0.697. The van der Waals surface area contributed by atoms with Crippen molar-refractivity contribution in [3.8, 4) is 6.07 Å². The van der Waals surface area contributed by atoms with Crippen molar-refractivity contribution in [1.29, 1.82) is 5.26 Å². The smallest absolute Gasteiger partial charge is 0.139 e. The molecule has 66 valence electrons. The van der Waals surface area contributed by atoms with Crippen LogP contribution in [0.15, 0.2) is 11.5 Å². The molecule has 5 heteroatoms. The lowest BCUT2D eigenvalue weighted by molar-refractivity contribution is -0.255. The number of nitrogens with zero attached hydrogens (tertiary/aromatic N) is 2. The van der Waals surface area contributed by atoms with Crippen LogP contribution >= 0.6 is 11.3 Å². The number of carbonyl (C=O) groups is 1. The molecular formula is C8H5N2O2S-. The van der Waals surface area contributed by atoms with Crippen LogP contribution < -0.4 is 5.11 Å². The molecule has 0 fully saturated rings. The number of aromatic nitrogens is 1. The Labute approximate surface area is 78.8 Å². The molecule has 4 nitrogen and oxygen atoms in total. The zero-order valence-corrected chi connectivity index (χ0v) is 7.37. The first kappa shape index (κ1) is 9.42. The molecule has 0 amide bonds. The van der Waals surface area contributed by atoms with Crippen molar-refractivity contribution < 1.29 is 9.90 Å². The molecule has 1 aromatic heterocycles. The highest BCUT2D eigenvalue weighted by molar-refractivity contribution is 7.11. The molecule has 0 unspecified atom stereocenters. The number of thiazole rings is 1. The fraction of sp³-hybridized carbons (Fsp3) is 0.125. The number of aromatic carboxylic acids is 1. The Kier molecular flexibility index (Phi) is 3.17. The molecule has 0 aliphatic carbocycles. The molecule has 0 N–H and O–H groups in total. The highest BCUT2D eigenvalue weighted by Gasteiger charge is 1.98. The summed E-state index contributed by atoms with van der Waals surface area (Å²) in [5, 5.41) is 20.1. The number of hydrogen-bond donors (Lipinski definition) is 0. The Morgan fingerprint density at radius 3 is 3.15 bits per heavy atom. The van der Waals surface area contributed by atoms with Gasteiger partial charge in [-0.15, -0.1) is 11.3 Å². The molecule has 0 radical (unpaired) electrons. The normalized spacial score (nSPS) is 10.1. The van der Waals surface area contributed by atoms with E-state index in [1.165, 1.54) is 0 Å². The summed E-state index contributed by atoms with van der Waals surface area (Å²) in [6.45, 7) is 0. The average Bonchev–Trinajstić information content (AvgIpc) is 2.53. The molecule has 0 bridgehead atoms. The van der Waals surface area contributed by atoms with E-state index in [0.29, 0.717) is 5.69 Å². The Morgan fingerprint density at radius 2 is 2.62 bits per heavy atom. The molecule has 1 heterocycles. The first-order chi connectivity index (χ1) is 6.24. The van der Waals surface area contributed by atoms with Gasteiger partial charge in [-0.1, -0.05) is 6.08 Å². The highest BCUT2D eigenvalue weighted by Crippen LogP contribution is 2.10. The van der Waals surface area contributed by atoms with Gasteiger partial charge in [0.05, 0.1) is 18.2 Å². The maximum Gasteiger partial charge on any atom is 0.139 e. The molecule has 1 aromatic rings. The molecular weight excluding hydrogens is 188 g/mol. The Balaban J connectivity index is 2.70. The van der Waals surface area contributed by atoms with Crippen molar-refractivity contribution in [2.45, 2.75) is 6.42 Å². The molecule has 0 saturated heterocycles. The predicted octanol–water partition coefficient (Wildman–Crippen LogP) is 0.433. The Hall–Kier alpha value is -1.67. The fourth-order valence-corrected chi connectivity index (χ4v) is 1.31. The fourth-order valence-electron chi connectivity index (χ4n) is 0.689. The van der Waals surface area contributed by atoms with Crippen molar-refractivity contribution in [3.05, 3.63) is 22.2 Å². The topological polar surface area (TPSA) is 76.8 Å². The maximum atomic E-state index is 10.3. The van der Waals surface area contributed by atoms with Gasteiger partial charge in [-0.2, -0.15) is 5.26 Å². The summed E-state index contributed by atoms with van der Waals surface area (Å²) >= 11 is 1.01. The maximum absolute atomic E-state index is 10.3. The van der Waals surface area contributed by atoms with Crippen LogP contribution in [0.2, 0.25) is 0 Å². The SMILES string of the molecule is N#CCC=Cc1csc(C(=O)[O-])n1. The standard InChI is InChI=1S/C8H6N2O2S/c9-4-2-1-3-6-5-13-7(10-6)8(11)12/h1,3,5H,2H2,(H,11,12)/p-1. The van der Waals surface area contributed by atoms with Gasteiger partial charge in [-0.25, -0.2) is 4.98 Å². The van der Waals surface area contributed by atoms with Gasteiger partial charge in [0.25, 0.3) is 0 Å². The highest BCUT2D eigenvalue weighted by atomic mass is 32.1. The number of nitriles is 1. The summed E-state index contributed by atoms with van der Waals surface area (Å²) < 4.78 is 0. The molecule has 0 saturated carbocycles. The molecule has 0 aliphatic rings. The lowest BCUT2D eigenvalue weighted by Gasteiger charge is -1.91. The monoisotopic (exact) mass is 193 g/mol. The average molecular weight is 193 g/mol. The summed E-state index contributed by atoms with van der Waals surface area (Å²) in [4.78, 5) is 14.0. The van der Waals surface area contributed by atoms with Gasteiger partial charge >= 0.3 is 0 Å². The lowest BCUT2D eigenvalue weighted by atomic mass is 10.3. The van der Waals surface area contributed by atoms with Gasteiger partial charge in [-0.05, 0) is 6.08 Å². The minimum Gasteiger partial charge on any atom is -0.542 e. The largest absolute Gasteiger partial charge is 0.542 e. The second-order valence-electron chi connectivity index (χ2n) is 2.13. The molecule has 0 aliphatic heterocycles. The van der Waals surface area contributed by atoms with Crippen LogP contribution in [0, 0.1) is 11.3 Å². The summed E-state index contributed by atoms with van der Waals surface area (Å²) in [5.41, 5.74) is 0.541. The zero-order chi connectivity index (χ0) is 9.68. The van der Waals surface area contributed by atoms with E-state index >= 15 is 0 Å². The third kappa shape index (κ3) is 2.69. The number of carboxylic acid groups (broad SMARTS) is 1. The summed E-state index contributed by atoms with van der Waals surface area (Å²) in [6.07, 6.45) is 3.51. The van der Waals surface area contributed by atoms with Crippen LogP contribution in [0.25, 0.3) is 6.08 Å². The van der Waals surface area contributed by atoms with Crippen LogP contribution in [0.5, 0.6) is 0 Å². The van der Waals surface area contributed by atoms with Crippen LogP contribution in [0.1, 0.15) is 21.9 Å². The van der Waals surface area contributed by atoms with Gasteiger partial charge in [0.1, 0.15) is 11.0 Å². The van der Waals surface area contributed by atoms with Gasteiger partial charge in [0.15, 0.2) is 0 Å². The van der Waals surface area contributed by atoms with Crippen molar-refractivity contribution in [3.63, 3.8) is 0 Å². The summed E-state index contributed by atoms with van der Waals surface area (Å²) in [6, 6.07) is 1.93. The first-order valence-electron chi connectivity index (χ1n) is 3.44. The van der Waals surface area contributed by atoms with Crippen molar-refractivity contribution in [2.75, 3.05) is 0 Å². The number of allylic oxidation sites excluding steroid dienone is 1. The van der Waals surface area contributed by atoms with Crippen LogP contribution in [-0.2, 0) is 0 Å². The number of carbonyl (C=O) groups excluding carboxylic acids is 1. The molecule has 0 atom stereocenters. The van der Waals surface area contributed by atoms with Crippen molar-refractivity contribution in [1.82, 2.24) is 4.98 Å². The number of rotatable bonds is 3.